The number of aromatic nitrogens is 1. The number of carbonyl (C=O) groups excluding carboxylic acids is 2. The molecular formula is C17H18N4O2S. The molecule has 4 rings (SSSR count). The summed E-state index contributed by atoms with van der Waals surface area (Å²) >= 11 is 1.29. The molecule has 1 aromatic carbocycles. The van der Waals surface area contributed by atoms with E-state index >= 15 is 0 Å². The van der Waals surface area contributed by atoms with Crippen molar-refractivity contribution in [2.45, 2.75) is 19.4 Å². The number of hydrogen-bond donors (Lipinski definition) is 2. The van der Waals surface area contributed by atoms with Gasteiger partial charge in [0.2, 0.25) is 5.91 Å². The average molecular weight is 342 g/mol. The molecule has 1 aliphatic carbocycles. The van der Waals surface area contributed by atoms with Crippen LogP contribution in [0.1, 0.15) is 22.5 Å². The summed E-state index contributed by atoms with van der Waals surface area (Å²) in [5.41, 5.74) is 13.7. The Hall–Kier alpha value is -2.41. The number of carbonyl (C=O) groups is 2. The van der Waals surface area contributed by atoms with Gasteiger partial charge in [-0.2, -0.15) is 0 Å². The number of anilines is 1. The molecule has 0 bridgehead atoms. The Morgan fingerprint density at radius 2 is 2.17 bits per heavy atom. The molecule has 1 aliphatic heterocycles. The summed E-state index contributed by atoms with van der Waals surface area (Å²) in [6.45, 7) is 2.56. The highest BCUT2D eigenvalue weighted by Gasteiger charge is 2.56. The maximum Gasteiger partial charge on any atom is 0.274 e. The number of benzene rings is 1. The fourth-order valence-corrected chi connectivity index (χ4v) is 4.46. The van der Waals surface area contributed by atoms with Gasteiger partial charge in [-0.1, -0.05) is 41.2 Å². The van der Waals surface area contributed by atoms with E-state index in [1.165, 1.54) is 11.3 Å². The molecule has 3 atom stereocenters. The predicted octanol–water partition coefficient (Wildman–Crippen LogP) is 1.65. The third-order valence-corrected chi connectivity index (χ3v) is 5.76. The second-order valence-electron chi connectivity index (χ2n) is 6.56. The van der Waals surface area contributed by atoms with Crippen LogP contribution in [0.15, 0.2) is 24.3 Å². The second kappa shape index (κ2) is 5.31. The number of likely N-dealkylation sites (tertiary alicyclic amines) is 1. The van der Waals surface area contributed by atoms with E-state index in [9.17, 15) is 9.59 Å². The Labute approximate surface area is 143 Å². The van der Waals surface area contributed by atoms with Crippen molar-refractivity contribution < 1.29 is 9.59 Å². The Kier molecular flexibility index (Phi) is 3.35. The van der Waals surface area contributed by atoms with Crippen molar-refractivity contribution >= 4 is 28.3 Å². The zero-order valence-electron chi connectivity index (χ0n) is 13.2. The molecule has 0 spiro atoms. The number of aryl methyl sites for hydroxylation is 1. The third kappa shape index (κ3) is 2.36. The van der Waals surface area contributed by atoms with Crippen LogP contribution in [0.5, 0.6) is 0 Å². The molecule has 1 saturated carbocycles. The van der Waals surface area contributed by atoms with Crippen LogP contribution in [0, 0.1) is 18.8 Å². The largest absolute Gasteiger partial charge is 0.375 e. The van der Waals surface area contributed by atoms with Crippen molar-refractivity contribution in [3.05, 3.63) is 35.5 Å². The van der Waals surface area contributed by atoms with Crippen molar-refractivity contribution in [2.24, 2.45) is 17.6 Å². The molecule has 2 heterocycles. The summed E-state index contributed by atoms with van der Waals surface area (Å²) in [5.74, 6) is -0.0844. The molecule has 124 valence electrons. The van der Waals surface area contributed by atoms with Crippen LogP contribution in [0.2, 0.25) is 0 Å². The topological polar surface area (TPSA) is 102 Å². The van der Waals surface area contributed by atoms with Crippen molar-refractivity contribution in [1.29, 1.82) is 0 Å². The SMILES string of the molecule is Cc1cccc(-c2sc(N)nc2C(=O)N2C[C@@H]3C[C@@H]3[C@H]2C(N)=O)c1. The van der Waals surface area contributed by atoms with Gasteiger partial charge in [0.1, 0.15) is 11.7 Å². The lowest BCUT2D eigenvalue weighted by Crippen LogP contribution is -2.46. The Morgan fingerprint density at radius 1 is 1.38 bits per heavy atom. The van der Waals surface area contributed by atoms with Crippen LogP contribution in [0.3, 0.4) is 0 Å². The van der Waals surface area contributed by atoms with Crippen molar-refractivity contribution in [3.8, 4) is 10.4 Å². The average Bonchev–Trinajstić information content (AvgIpc) is 3.01. The number of amides is 2. The van der Waals surface area contributed by atoms with E-state index in [2.05, 4.69) is 4.98 Å². The Bertz CT molecular complexity index is 847. The number of piperidine rings is 1. The molecule has 24 heavy (non-hydrogen) atoms. The Balaban J connectivity index is 1.72. The number of thiazole rings is 1. The van der Waals surface area contributed by atoms with Gasteiger partial charge in [0.05, 0.1) is 4.88 Å². The van der Waals surface area contributed by atoms with Gasteiger partial charge in [-0.3, -0.25) is 9.59 Å². The van der Waals surface area contributed by atoms with E-state index in [0.717, 1.165) is 22.4 Å². The van der Waals surface area contributed by atoms with E-state index in [0.29, 0.717) is 23.3 Å². The zero-order chi connectivity index (χ0) is 17.0. The molecule has 1 saturated heterocycles. The lowest BCUT2D eigenvalue weighted by Gasteiger charge is -2.24. The van der Waals surface area contributed by atoms with E-state index in [4.69, 9.17) is 11.5 Å². The summed E-state index contributed by atoms with van der Waals surface area (Å²) in [6, 6.07) is 7.34. The lowest BCUT2D eigenvalue weighted by molar-refractivity contribution is -0.122. The van der Waals surface area contributed by atoms with Crippen LogP contribution < -0.4 is 11.5 Å². The standard InChI is InChI=1S/C17H18N4O2S/c1-8-3-2-4-9(5-8)14-12(20-17(19)24-14)16(23)21-7-10-6-11(10)13(21)15(18)22/h2-5,10-11,13H,6-7H2,1H3,(H2,18,22)(H2,19,20)/t10-,11-,13-/m0/s1. The quantitative estimate of drug-likeness (QED) is 0.885. The van der Waals surface area contributed by atoms with Gasteiger partial charge in [-0.25, -0.2) is 4.98 Å². The molecule has 6 nitrogen and oxygen atoms in total. The first-order valence-electron chi connectivity index (χ1n) is 7.89. The smallest absolute Gasteiger partial charge is 0.274 e. The number of hydrogen-bond acceptors (Lipinski definition) is 5. The highest BCUT2D eigenvalue weighted by molar-refractivity contribution is 7.19. The molecule has 2 fully saturated rings. The molecule has 2 amide bonds. The van der Waals surface area contributed by atoms with Gasteiger partial charge in [0.25, 0.3) is 5.91 Å². The molecule has 7 heteroatoms. The van der Waals surface area contributed by atoms with Crippen LogP contribution in [-0.4, -0.2) is 34.3 Å². The van der Waals surface area contributed by atoms with Gasteiger partial charge in [-0.05, 0) is 30.7 Å². The van der Waals surface area contributed by atoms with Gasteiger partial charge in [0, 0.05) is 6.54 Å². The summed E-state index contributed by atoms with van der Waals surface area (Å²) in [7, 11) is 0. The summed E-state index contributed by atoms with van der Waals surface area (Å²) in [5, 5.41) is 0.342. The first kappa shape index (κ1) is 15.1. The van der Waals surface area contributed by atoms with Crippen LogP contribution in [-0.2, 0) is 4.79 Å². The second-order valence-corrected chi connectivity index (χ2v) is 7.59. The monoisotopic (exact) mass is 342 g/mol. The van der Waals surface area contributed by atoms with Crippen LogP contribution in [0.25, 0.3) is 10.4 Å². The molecular weight excluding hydrogens is 324 g/mol. The summed E-state index contributed by atoms with van der Waals surface area (Å²) in [6.07, 6.45) is 0.974. The lowest BCUT2D eigenvalue weighted by atomic mass is 10.1. The van der Waals surface area contributed by atoms with Crippen molar-refractivity contribution in [3.63, 3.8) is 0 Å². The van der Waals surface area contributed by atoms with Gasteiger partial charge >= 0.3 is 0 Å². The highest BCUT2D eigenvalue weighted by Crippen LogP contribution is 2.50. The zero-order valence-corrected chi connectivity index (χ0v) is 14.0. The Morgan fingerprint density at radius 3 is 2.88 bits per heavy atom. The fraction of sp³-hybridized carbons (Fsp3) is 0.353. The first-order chi connectivity index (χ1) is 11.5. The van der Waals surface area contributed by atoms with E-state index in [-0.39, 0.29) is 11.8 Å². The maximum absolute atomic E-state index is 13.0. The molecule has 0 unspecified atom stereocenters. The summed E-state index contributed by atoms with van der Waals surface area (Å²) < 4.78 is 0. The number of nitrogen functional groups attached to an aromatic ring is 1. The first-order valence-corrected chi connectivity index (χ1v) is 8.71. The van der Waals surface area contributed by atoms with Crippen LogP contribution in [0.4, 0.5) is 5.13 Å². The number of nitrogens with zero attached hydrogens (tertiary/aromatic N) is 2. The molecule has 0 radical (unpaired) electrons. The van der Waals surface area contributed by atoms with Gasteiger partial charge < -0.3 is 16.4 Å². The van der Waals surface area contributed by atoms with E-state index in [1.54, 1.807) is 4.90 Å². The van der Waals surface area contributed by atoms with Crippen molar-refractivity contribution in [1.82, 2.24) is 9.88 Å². The molecule has 1 aromatic heterocycles. The third-order valence-electron chi connectivity index (χ3n) is 4.83. The summed E-state index contributed by atoms with van der Waals surface area (Å²) in [4.78, 5) is 31.4. The number of rotatable bonds is 3. The van der Waals surface area contributed by atoms with E-state index < -0.39 is 11.9 Å². The number of nitrogens with two attached hydrogens (primary N) is 2. The highest BCUT2D eigenvalue weighted by atomic mass is 32.1. The van der Waals surface area contributed by atoms with Crippen molar-refractivity contribution in [2.75, 3.05) is 12.3 Å². The van der Waals surface area contributed by atoms with Crippen LogP contribution >= 0.6 is 11.3 Å². The minimum Gasteiger partial charge on any atom is -0.375 e. The number of fused-ring (bicyclic) bond motifs is 1. The van der Waals surface area contributed by atoms with Gasteiger partial charge in [-0.15, -0.1) is 0 Å². The van der Waals surface area contributed by atoms with E-state index in [1.807, 2.05) is 31.2 Å². The predicted molar refractivity (Wildman–Crippen MR) is 92.3 cm³/mol. The minimum absolute atomic E-state index is 0.213. The van der Waals surface area contributed by atoms with Gasteiger partial charge in [0.15, 0.2) is 5.13 Å². The normalized spacial score (nSPS) is 24.7. The molecule has 4 N–H and O–H groups in total. The molecule has 2 aliphatic rings. The minimum atomic E-state index is -0.518. The maximum atomic E-state index is 13.0. The number of primary amides is 1. The molecule has 2 aromatic rings. The fourth-order valence-electron chi connectivity index (χ4n) is 3.64.